The van der Waals surface area contributed by atoms with Crippen LogP contribution in [0.15, 0.2) is 0 Å². The van der Waals surface area contributed by atoms with E-state index in [-0.39, 0.29) is 5.92 Å². The van der Waals surface area contributed by atoms with Gasteiger partial charge < -0.3 is 10.8 Å². The second-order valence-corrected chi connectivity index (χ2v) is 6.49. The third-order valence-corrected chi connectivity index (χ3v) is 4.55. The predicted octanol–water partition coefficient (Wildman–Crippen LogP) is -1.12. The number of rotatable bonds is 6. The van der Waals surface area contributed by atoms with Gasteiger partial charge in [0.05, 0.1) is 6.42 Å². The number of aliphatic carboxylic acids is 1. The molecule has 0 radical (unpaired) electrons. The molecule has 0 aromatic carbocycles. The van der Waals surface area contributed by atoms with Gasteiger partial charge in [0.1, 0.15) is 6.04 Å². The van der Waals surface area contributed by atoms with Crippen LogP contribution in [-0.2, 0) is 19.8 Å². The zero-order valence-electron chi connectivity index (χ0n) is 10.7. The van der Waals surface area contributed by atoms with Gasteiger partial charge in [-0.25, -0.2) is 0 Å². The number of nitrogens with one attached hydrogen (secondary N) is 1. The van der Waals surface area contributed by atoms with Crippen LogP contribution in [0.3, 0.4) is 0 Å². The SMILES string of the molecule is CC1CCCN(S(=O)(=O)NC(CC(N)=O)C(=O)O)C1. The van der Waals surface area contributed by atoms with E-state index < -0.39 is 34.5 Å². The molecular weight excluding hydrogens is 274 g/mol. The van der Waals surface area contributed by atoms with E-state index in [1.807, 2.05) is 11.6 Å². The van der Waals surface area contributed by atoms with Crippen molar-refractivity contribution < 1.29 is 23.1 Å². The minimum atomic E-state index is -3.91. The van der Waals surface area contributed by atoms with Gasteiger partial charge in [0, 0.05) is 13.1 Å². The highest BCUT2D eigenvalue weighted by Crippen LogP contribution is 2.18. The molecule has 1 aliphatic rings. The molecule has 0 aliphatic carbocycles. The standard InChI is InChI=1S/C10H19N3O5S/c1-7-3-2-4-13(6-7)19(17,18)12-8(10(15)16)5-9(11)14/h7-8,12H,2-6H2,1H3,(H2,11,14)(H,15,16). The number of carboxylic acids is 1. The van der Waals surface area contributed by atoms with Crippen LogP contribution in [0.25, 0.3) is 0 Å². The summed E-state index contributed by atoms with van der Waals surface area (Å²) in [5, 5.41) is 8.88. The third kappa shape index (κ3) is 4.77. The van der Waals surface area contributed by atoms with Gasteiger partial charge in [0.25, 0.3) is 10.2 Å². The number of carbonyl (C=O) groups is 2. The highest BCUT2D eigenvalue weighted by molar-refractivity contribution is 7.87. The van der Waals surface area contributed by atoms with E-state index in [9.17, 15) is 18.0 Å². The molecule has 4 N–H and O–H groups in total. The molecule has 1 amide bonds. The summed E-state index contributed by atoms with van der Waals surface area (Å²) >= 11 is 0. The van der Waals surface area contributed by atoms with Crippen LogP contribution in [0.1, 0.15) is 26.2 Å². The molecular formula is C10H19N3O5S. The molecule has 110 valence electrons. The summed E-state index contributed by atoms with van der Waals surface area (Å²) in [5.74, 6) is -2.07. The van der Waals surface area contributed by atoms with Gasteiger partial charge in [-0.15, -0.1) is 0 Å². The maximum absolute atomic E-state index is 12.0. The molecule has 0 aromatic heterocycles. The highest BCUT2D eigenvalue weighted by atomic mass is 32.2. The van der Waals surface area contributed by atoms with Gasteiger partial charge in [0.15, 0.2) is 0 Å². The fourth-order valence-electron chi connectivity index (χ4n) is 2.00. The zero-order chi connectivity index (χ0) is 14.6. The van der Waals surface area contributed by atoms with Crippen LogP contribution in [0.4, 0.5) is 0 Å². The van der Waals surface area contributed by atoms with Crippen molar-refractivity contribution in [3.8, 4) is 0 Å². The Morgan fingerprint density at radius 1 is 1.53 bits per heavy atom. The first-order valence-electron chi connectivity index (χ1n) is 6.01. The normalized spacial score (nSPS) is 22.9. The van der Waals surface area contributed by atoms with Crippen molar-refractivity contribution in [2.75, 3.05) is 13.1 Å². The molecule has 2 unspecified atom stereocenters. The van der Waals surface area contributed by atoms with Crippen LogP contribution >= 0.6 is 0 Å². The Kier molecular flexibility index (Phi) is 5.27. The van der Waals surface area contributed by atoms with E-state index in [2.05, 4.69) is 0 Å². The van der Waals surface area contributed by atoms with Crippen molar-refractivity contribution in [1.82, 2.24) is 9.03 Å². The summed E-state index contributed by atoms with van der Waals surface area (Å²) in [7, 11) is -3.91. The molecule has 1 rings (SSSR count). The fourth-order valence-corrected chi connectivity index (χ4v) is 3.51. The van der Waals surface area contributed by atoms with Crippen molar-refractivity contribution in [3.05, 3.63) is 0 Å². The van der Waals surface area contributed by atoms with Crippen LogP contribution in [0, 0.1) is 5.92 Å². The lowest BCUT2D eigenvalue weighted by atomic mass is 10.0. The molecule has 0 saturated carbocycles. The van der Waals surface area contributed by atoms with Gasteiger partial charge >= 0.3 is 5.97 Å². The van der Waals surface area contributed by atoms with E-state index in [4.69, 9.17) is 10.8 Å². The van der Waals surface area contributed by atoms with Crippen LogP contribution < -0.4 is 10.5 Å². The number of piperidine rings is 1. The van der Waals surface area contributed by atoms with Gasteiger partial charge in [-0.3, -0.25) is 9.59 Å². The summed E-state index contributed by atoms with van der Waals surface area (Å²) in [6, 6.07) is -1.53. The second-order valence-electron chi connectivity index (χ2n) is 4.79. The molecule has 1 saturated heterocycles. The minimum absolute atomic E-state index is 0.227. The number of primary amides is 1. The van der Waals surface area contributed by atoms with Crippen molar-refractivity contribution in [2.24, 2.45) is 11.7 Å². The maximum atomic E-state index is 12.0. The molecule has 0 aromatic rings. The van der Waals surface area contributed by atoms with Crippen molar-refractivity contribution >= 4 is 22.1 Å². The summed E-state index contributed by atoms with van der Waals surface area (Å²) < 4.78 is 27.3. The van der Waals surface area contributed by atoms with Gasteiger partial charge in [0.2, 0.25) is 5.91 Å². The first-order chi connectivity index (χ1) is 8.72. The lowest BCUT2D eigenvalue weighted by molar-refractivity contribution is -0.140. The second kappa shape index (κ2) is 6.31. The minimum Gasteiger partial charge on any atom is -0.480 e. The van der Waals surface area contributed by atoms with E-state index in [0.717, 1.165) is 12.8 Å². The smallest absolute Gasteiger partial charge is 0.322 e. The lowest BCUT2D eigenvalue weighted by Gasteiger charge is -2.30. The monoisotopic (exact) mass is 293 g/mol. The van der Waals surface area contributed by atoms with Crippen LogP contribution in [0.2, 0.25) is 0 Å². The Balaban J connectivity index is 2.75. The molecule has 2 atom stereocenters. The number of amides is 1. The van der Waals surface area contributed by atoms with E-state index in [0.29, 0.717) is 13.1 Å². The average Bonchev–Trinajstić information content (AvgIpc) is 2.27. The Morgan fingerprint density at radius 3 is 2.63 bits per heavy atom. The topological polar surface area (TPSA) is 130 Å². The summed E-state index contributed by atoms with van der Waals surface area (Å²) in [6.07, 6.45) is 1.10. The van der Waals surface area contributed by atoms with Gasteiger partial charge in [-0.2, -0.15) is 17.4 Å². The number of hydrogen-bond acceptors (Lipinski definition) is 4. The number of nitrogens with zero attached hydrogens (tertiary/aromatic N) is 1. The van der Waals surface area contributed by atoms with E-state index >= 15 is 0 Å². The largest absolute Gasteiger partial charge is 0.480 e. The van der Waals surface area contributed by atoms with E-state index in [1.54, 1.807) is 0 Å². The van der Waals surface area contributed by atoms with Gasteiger partial charge in [-0.05, 0) is 18.8 Å². The molecule has 9 heteroatoms. The molecule has 1 aliphatic heterocycles. The Labute approximate surface area is 112 Å². The van der Waals surface area contributed by atoms with Crippen molar-refractivity contribution in [3.63, 3.8) is 0 Å². The quantitative estimate of drug-likeness (QED) is 0.571. The van der Waals surface area contributed by atoms with Crippen LogP contribution in [0.5, 0.6) is 0 Å². The maximum Gasteiger partial charge on any atom is 0.322 e. The zero-order valence-corrected chi connectivity index (χ0v) is 11.5. The third-order valence-electron chi connectivity index (χ3n) is 2.95. The average molecular weight is 293 g/mol. The molecule has 0 bridgehead atoms. The Hall–Kier alpha value is -1.19. The first kappa shape index (κ1) is 15.9. The molecule has 8 nitrogen and oxygen atoms in total. The Bertz CT molecular complexity index is 450. The summed E-state index contributed by atoms with van der Waals surface area (Å²) in [6.45, 7) is 2.63. The first-order valence-corrected chi connectivity index (χ1v) is 7.45. The van der Waals surface area contributed by atoms with Crippen molar-refractivity contribution in [1.29, 1.82) is 0 Å². The van der Waals surface area contributed by atoms with Gasteiger partial charge in [-0.1, -0.05) is 6.92 Å². The Morgan fingerprint density at radius 2 is 2.16 bits per heavy atom. The number of hydrogen-bond donors (Lipinski definition) is 3. The van der Waals surface area contributed by atoms with Crippen LogP contribution in [-0.4, -0.2) is 48.8 Å². The predicted molar refractivity (Wildman–Crippen MR) is 67.3 cm³/mol. The van der Waals surface area contributed by atoms with Crippen molar-refractivity contribution in [2.45, 2.75) is 32.2 Å². The van der Waals surface area contributed by atoms with E-state index in [1.165, 1.54) is 4.31 Å². The summed E-state index contributed by atoms with van der Waals surface area (Å²) in [5.41, 5.74) is 4.90. The number of carbonyl (C=O) groups excluding carboxylic acids is 1. The number of carboxylic acid groups (broad SMARTS) is 1. The molecule has 1 heterocycles. The fraction of sp³-hybridized carbons (Fsp3) is 0.800. The molecule has 0 spiro atoms. The molecule has 19 heavy (non-hydrogen) atoms. The number of nitrogens with two attached hydrogens (primary N) is 1. The molecule has 1 fully saturated rings. The summed E-state index contributed by atoms with van der Waals surface area (Å²) in [4.78, 5) is 21.6. The highest BCUT2D eigenvalue weighted by Gasteiger charge is 2.32. The lowest BCUT2D eigenvalue weighted by Crippen LogP contribution is -2.51.